The molecule has 0 heteroatoms. The average molecular weight is 317 g/mol. The molecule has 0 atom stereocenters. The molecule has 132 valence electrons. The molecule has 0 nitrogen and oxygen atoms in total. The van der Waals surface area contributed by atoms with Crippen molar-refractivity contribution >= 4 is 0 Å². The van der Waals surface area contributed by atoms with Gasteiger partial charge >= 0.3 is 0 Å². The van der Waals surface area contributed by atoms with Crippen molar-refractivity contribution in [1.29, 1.82) is 0 Å². The van der Waals surface area contributed by atoms with E-state index in [1.165, 1.54) is 83.5 Å². The standard InChI is InChI=1S/C23H40/c1-3-5-19-8-12-21(13-9-19)23-16-14-22(15-17-23)20-10-6-18(4-2)7-11-20/h18-20,22H,3-17H2,1-2H3. The third-order valence-electron chi connectivity index (χ3n) is 7.67. The highest BCUT2D eigenvalue weighted by Gasteiger charge is 2.30. The van der Waals surface area contributed by atoms with Gasteiger partial charge in [0.25, 0.3) is 0 Å². The summed E-state index contributed by atoms with van der Waals surface area (Å²) in [4.78, 5) is 0. The number of allylic oxidation sites excluding steroid dienone is 2. The van der Waals surface area contributed by atoms with Crippen LogP contribution in [0, 0.1) is 23.7 Å². The Morgan fingerprint density at radius 3 is 1.65 bits per heavy atom. The smallest absolute Gasteiger partial charge is 0.0315 e. The first-order chi connectivity index (χ1) is 11.3. The van der Waals surface area contributed by atoms with Crippen LogP contribution in [0.2, 0.25) is 0 Å². The zero-order chi connectivity index (χ0) is 16.1. The molecule has 3 fully saturated rings. The number of hydrogen-bond acceptors (Lipinski definition) is 0. The zero-order valence-corrected chi connectivity index (χ0v) is 15.9. The molecule has 3 aliphatic carbocycles. The van der Waals surface area contributed by atoms with E-state index in [2.05, 4.69) is 13.8 Å². The Balaban J connectivity index is 1.44. The number of rotatable bonds is 4. The molecule has 3 saturated carbocycles. The first-order valence-electron chi connectivity index (χ1n) is 11.0. The second kappa shape index (κ2) is 8.72. The summed E-state index contributed by atoms with van der Waals surface area (Å²) in [6.45, 7) is 4.74. The molecule has 0 aromatic heterocycles. The van der Waals surface area contributed by atoms with Gasteiger partial charge in [0.05, 0.1) is 0 Å². The van der Waals surface area contributed by atoms with Crippen molar-refractivity contribution in [3.05, 3.63) is 11.1 Å². The minimum Gasteiger partial charge on any atom is -0.0710 e. The summed E-state index contributed by atoms with van der Waals surface area (Å²) < 4.78 is 0. The average Bonchev–Trinajstić information content (AvgIpc) is 2.63. The van der Waals surface area contributed by atoms with Crippen molar-refractivity contribution in [3.63, 3.8) is 0 Å². The lowest BCUT2D eigenvalue weighted by molar-refractivity contribution is 0.176. The van der Waals surface area contributed by atoms with Gasteiger partial charge in [-0.15, -0.1) is 0 Å². The molecule has 0 amide bonds. The normalized spacial score (nSPS) is 36.3. The second-order valence-corrected chi connectivity index (χ2v) is 8.97. The fourth-order valence-corrected chi connectivity index (χ4v) is 5.96. The minimum absolute atomic E-state index is 1.05. The van der Waals surface area contributed by atoms with Gasteiger partial charge in [-0.3, -0.25) is 0 Å². The molecule has 0 spiro atoms. The fourth-order valence-electron chi connectivity index (χ4n) is 5.96. The monoisotopic (exact) mass is 316 g/mol. The molecule has 23 heavy (non-hydrogen) atoms. The summed E-state index contributed by atoms with van der Waals surface area (Å²) in [5.41, 5.74) is 3.82. The summed E-state index contributed by atoms with van der Waals surface area (Å²) in [6.07, 6.45) is 22.3. The molecular formula is C23H40. The van der Waals surface area contributed by atoms with Crippen LogP contribution in [-0.2, 0) is 0 Å². The highest BCUT2D eigenvalue weighted by Crippen LogP contribution is 2.44. The molecule has 0 aromatic rings. The summed E-state index contributed by atoms with van der Waals surface area (Å²) in [6, 6.07) is 0. The lowest BCUT2D eigenvalue weighted by Crippen LogP contribution is -2.24. The molecule has 0 saturated heterocycles. The van der Waals surface area contributed by atoms with Crippen molar-refractivity contribution < 1.29 is 0 Å². The first-order valence-corrected chi connectivity index (χ1v) is 11.0. The maximum Gasteiger partial charge on any atom is -0.0315 e. The van der Waals surface area contributed by atoms with Crippen LogP contribution in [0.3, 0.4) is 0 Å². The van der Waals surface area contributed by atoms with E-state index in [1.807, 2.05) is 11.1 Å². The topological polar surface area (TPSA) is 0 Å². The van der Waals surface area contributed by atoms with Crippen molar-refractivity contribution in [1.82, 2.24) is 0 Å². The largest absolute Gasteiger partial charge is 0.0710 e. The van der Waals surface area contributed by atoms with Gasteiger partial charge in [0.1, 0.15) is 0 Å². The summed E-state index contributed by atoms with van der Waals surface area (Å²) >= 11 is 0. The third-order valence-corrected chi connectivity index (χ3v) is 7.67. The van der Waals surface area contributed by atoms with Gasteiger partial charge < -0.3 is 0 Å². The molecule has 0 aliphatic heterocycles. The highest BCUT2D eigenvalue weighted by atomic mass is 14.4. The maximum atomic E-state index is 2.39. The summed E-state index contributed by atoms with van der Waals surface area (Å²) in [5.74, 6) is 4.28. The van der Waals surface area contributed by atoms with Crippen LogP contribution in [0.25, 0.3) is 0 Å². The van der Waals surface area contributed by atoms with Crippen LogP contribution in [-0.4, -0.2) is 0 Å². The van der Waals surface area contributed by atoms with E-state index in [0.29, 0.717) is 0 Å². The predicted molar refractivity (Wildman–Crippen MR) is 102 cm³/mol. The Morgan fingerprint density at radius 1 is 0.609 bits per heavy atom. The van der Waals surface area contributed by atoms with Crippen molar-refractivity contribution in [2.45, 2.75) is 110 Å². The maximum absolute atomic E-state index is 2.39. The van der Waals surface area contributed by atoms with Crippen molar-refractivity contribution in [3.8, 4) is 0 Å². The Hall–Kier alpha value is -0.260. The van der Waals surface area contributed by atoms with E-state index in [0.717, 1.165) is 23.7 Å². The van der Waals surface area contributed by atoms with Gasteiger partial charge in [0, 0.05) is 0 Å². The second-order valence-electron chi connectivity index (χ2n) is 8.97. The van der Waals surface area contributed by atoms with Crippen molar-refractivity contribution in [2.75, 3.05) is 0 Å². The van der Waals surface area contributed by atoms with Gasteiger partial charge in [-0.25, -0.2) is 0 Å². The Kier molecular flexibility index (Phi) is 6.66. The van der Waals surface area contributed by atoms with E-state index in [-0.39, 0.29) is 0 Å². The van der Waals surface area contributed by atoms with Gasteiger partial charge in [-0.2, -0.15) is 0 Å². The molecule has 0 unspecified atom stereocenters. The third kappa shape index (κ3) is 4.64. The van der Waals surface area contributed by atoms with Gasteiger partial charge in [0.2, 0.25) is 0 Å². The summed E-state index contributed by atoms with van der Waals surface area (Å²) in [5, 5.41) is 0. The Bertz CT molecular complexity index is 363. The van der Waals surface area contributed by atoms with Gasteiger partial charge in [-0.05, 0) is 87.9 Å². The molecular weight excluding hydrogens is 276 g/mol. The first kappa shape index (κ1) is 17.6. The van der Waals surface area contributed by atoms with Crippen LogP contribution < -0.4 is 0 Å². The predicted octanol–water partition coefficient (Wildman–Crippen LogP) is 7.68. The van der Waals surface area contributed by atoms with E-state index in [1.54, 1.807) is 12.8 Å². The van der Waals surface area contributed by atoms with E-state index in [9.17, 15) is 0 Å². The Morgan fingerprint density at radius 2 is 1.13 bits per heavy atom. The minimum atomic E-state index is 1.05. The van der Waals surface area contributed by atoms with Crippen LogP contribution in [0.4, 0.5) is 0 Å². The lowest BCUT2D eigenvalue weighted by atomic mass is 9.69. The van der Waals surface area contributed by atoms with Crippen LogP contribution in [0.1, 0.15) is 110 Å². The van der Waals surface area contributed by atoms with Crippen LogP contribution >= 0.6 is 0 Å². The van der Waals surface area contributed by atoms with Crippen molar-refractivity contribution in [2.24, 2.45) is 23.7 Å². The molecule has 0 radical (unpaired) electrons. The van der Waals surface area contributed by atoms with Crippen LogP contribution in [0.15, 0.2) is 11.1 Å². The molecule has 0 N–H and O–H groups in total. The van der Waals surface area contributed by atoms with E-state index in [4.69, 9.17) is 0 Å². The zero-order valence-electron chi connectivity index (χ0n) is 15.9. The quantitative estimate of drug-likeness (QED) is 0.466. The molecule has 3 aliphatic rings. The van der Waals surface area contributed by atoms with Gasteiger partial charge in [-0.1, -0.05) is 57.1 Å². The SMILES string of the molecule is CCCC1CCC(=C2CCC(C3CCC(CC)CC3)CC2)CC1. The Labute approximate surface area is 145 Å². The highest BCUT2D eigenvalue weighted by molar-refractivity contribution is 5.18. The van der Waals surface area contributed by atoms with Gasteiger partial charge in [0.15, 0.2) is 0 Å². The molecule has 3 rings (SSSR count). The lowest BCUT2D eigenvalue weighted by Gasteiger charge is -2.37. The molecule has 0 heterocycles. The van der Waals surface area contributed by atoms with E-state index < -0.39 is 0 Å². The number of hydrogen-bond donors (Lipinski definition) is 0. The fraction of sp³-hybridized carbons (Fsp3) is 0.913. The molecule has 0 aromatic carbocycles. The molecule has 0 bridgehead atoms. The summed E-state index contributed by atoms with van der Waals surface area (Å²) in [7, 11) is 0. The van der Waals surface area contributed by atoms with E-state index >= 15 is 0 Å². The van der Waals surface area contributed by atoms with Crippen LogP contribution in [0.5, 0.6) is 0 Å².